The number of aromatic nitrogens is 1. The van der Waals surface area contributed by atoms with Crippen molar-refractivity contribution in [1.82, 2.24) is 10.5 Å². The Morgan fingerprint density at radius 1 is 1.15 bits per heavy atom. The van der Waals surface area contributed by atoms with Crippen LogP contribution in [0.3, 0.4) is 0 Å². The van der Waals surface area contributed by atoms with Gasteiger partial charge in [-0.3, -0.25) is 14.4 Å². The fourth-order valence-corrected chi connectivity index (χ4v) is 5.24. The van der Waals surface area contributed by atoms with Crippen LogP contribution < -0.4 is 19.9 Å². The van der Waals surface area contributed by atoms with Crippen molar-refractivity contribution in [2.24, 2.45) is 5.92 Å². The first-order valence-electron chi connectivity index (χ1n) is 13.0. The number of hydrogen-bond donors (Lipinski definition) is 1. The first kappa shape index (κ1) is 27.4. The van der Waals surface area contributed by atoms with E-state index < -0.39 is 11.9 Å². The van der Waals surface area contributed by atoms with Gasteiger partial charge in [0.05, 0.1) is 37.8 Å². The zero-order valence-electron chi connectivity index (χ0n) is 22.4. The van der Waals surface area contributed by atoms with Gasteiger partial charge in [0.25, 0.3) is 11.8 Å². The lowest BCUT2D eigenvalue weighted by Gasteiger charge is -2.27. The van der Waals surface area contributed by atoms with E-state index in [-0.39, 0.29) is 36.6 Å². The molecule has 1 N–H and O–H groups in total. The molecule has 10 heteroatoms. The van der Waals surface area contributed by atoms with Gasteiger partial charge in [-0.05, 0) is 47.5 Å². The number of nitrogens with one attached hydrogen (secondary N) is 1. The molecule has 2 heterocycles. The van der Waals surface area contributed by atoms with Gasteiger partial charge in [0.2, 0.25) is 11.7 Å². The molecule has 0 saturated heterocycles. The highest BCUT2D eigenvalue weighted by Gasteiger charge is 2.38. The molecule has 1 aliphatic rings. The molecule has 5 rings (SSSR count). The topological polar surface area (TPSA) is 105 Å². The largest absolute Gasteiger partial charge is 0.496 e. The second-order valence-corrected chi connectivity index (χ2v) is 10.6. The number of carbonyl (C=O) groups excluding carboxylic acids is 3. The molecule has 0 spiro atoms. The third-order valence-electron chi connectivity index (χ3n) is 7.25. The van der Waals surface area contributed by atoms with E-state index in [0.717, 1.165) is 20.8 Å². The number of anilines is 2. The quantitative estimate of drug-likeness (QED) is 0.306. The number of methoxy groups -OCH3 is 1. The van der Waals surface area contributed by atoms with Crippen LogP contribution >= 0.6 is 15.9 Å². The van der Waals surface area contributed by atoms with Gasteiger partial charge in [-0.2, -0.15) is 0 Å². The summed E-state index contributed by atoms with van der Waals surface area (Å²) in [6.07, 6.45) is 2.00. The van der Waals surface area contributed by atoms with Crippen LogP contribution in [0.1, 0.15) is 36.4 Å². The van der Waals surface area contributed by atoms with Crippen LogP contribution in [0.25, 0.3) is 10.8 Å². The van der Waals surface area contributed by atoms with Crippen molar-refractivity contribution >= 4 is 55.8 Å². The normalized spacial score (nSPS) is 15.9. The molecule has 1 aliphatic heterocycles. The minimum absolute atomic E-state index is 0.0315. The van der Waals surface area contributed by atoms with Crippen molar-refractivity contribution in [1.29, 1.82) is 0 Å². The van der Waals surface area contributed by atoms with E-state index in [1.807, 2.05) is 43.3 Å². The van der Waals surface area contributed by atoms with Crippen LogP contribution in [-0.2, 0) is 16.1 Å². The fraction of sp³-hybridized carbons (Fsp3) is 0.267. The van der Waals surface area contributed by atoms with Crippen molar-refractivity contribution in [3.05, 3.63) is 82.7 Å². The molecular formula is C30H29BrN4O5. The lowest BCUT2D eigenvalue weighted by molar-refractivity contribution is -0.129. The number of fused-ring (bicyclic) bond motifs is 2. The molecule has 3 aromatic carbocycles. The number of para-hydroxylation sites is 2. The van der Waals surface area contributed by atoms with Crippen molar-refractivity contribution in [2.45, 2.75) is 32.9 Å². The summed E-state index contributed by atoms with van der Waals surface area (Å²) in [7, 11) is 1.59. The van der Waals surface area contributed by atoms with E-state index in [2.05, 4.69) is 26.4 Å². The molecule has 2 atom stereocenters. The second kappa shape index (κ2) is 11.5. The molecule has 0 unspecified atom stereocenters. The van der Waals surface area contributed by atoms with Gasteiger partial charge in [-0.1, -0.05) is 59.2 Å². The lowest BCUT2D eigenvalue weighted by atomic mass is 10.0. The minimum Gasteiger partial charge on any atom is -0.496 e. The second-order valence-electron chi connectivity index (χ2n) is 9.69. The van der Waals surface area contributed by atoms with E-state index in [0.29, 0.717) is 23.5 Å². The Bertz CT molecular complexity index is 1570. The standard InChI is InChI=1S/C30H29BrN4O5/c1-4-18(2)28(36)33-23-17-35(30(38)27-13-14-32-40-27)25-8-6-5-7-24(25)34(29(23)37)16-22-21-11-10-20(31)15-19(21)9-12-26(22)39-3/h5-15,18,23H,4,16-17H2,1-3H3,(H,33,36)/t18-,23+/m1/s1. The SMILES string of the molecule is CC[C@@H](C)C(=O)N[C@H]1CN(C(=O)c2ccno2)c2ccccc2N(Cc2c(OC)ccc3cc(Br)ccc23)C1=O. The van der Waals surface area contributed by atoms with Crippen LogP contribution in [0.5, 0.6) is 5.75 Å². The predicted octanol–water partition coefficient (Wildman–Crippen LogP) is 5.32. The average molecular weight is 605 g/mol. The van der Waals surface area contributed by atoms with E-state index in [9.17, 15) is 14.4 Å². The monoisotopic (exact) mass is 604 g/mol. The fourth-order valence-electron chi connectivity index (χ4n) is 4.87. The van der Waals surface area contributed by atoms with Crippen LogP contribution in [0.2, 0.25) is 0 Å². The maximum Gasteiger partial charge on any atom is 0.297 e. The molecule has 0 fully saturated rings. The molecular weight excluding hydrogens is 576 g/mol. The molecule has 9 nitrogen and oxygen atoms in total. The highest BCUT2D eigenvalue weighted by molar-refractivity contribution is 9.10. The molecule has 0 radical (unpaired) electrons. The van der Waals surface area contributed by atoms with Gasteiger partial charge in [-0.25, -0.2) is 0 Å². The molecule has 4 aromatic rings. The Morgan fingerprint density at radius 2 is 1.93 bits per heavy atom. The number of nitrogens with zero attached hydrogens (tertiary/aromatic N) is 3. The van der Waals surface area contributed by atoms with E-state index >= 15 is 0 Å². The van der Waals surface area contributed by atoms with Crippen molar-refractivity contribution in [2.75, 3.05) is 23.5 Å². The molecule has 0 bridgehead atoms. The number of amides is 3. The summed E-state index contributed by atoms with van der Waals surface area (Å²) < 4.78 is 11.8. The Balaban J connectivity index is 1.65. The van der Waals surface area contributed by atoms with Crippen molar-refractivity contribution in [3.63, 3.8) is 0 Å². The van der Waals surface area contributed by atoms with E-state index in [4.69, 9.17) is 9.26 Å². The molecule has 3 amide bonds. The lowest BCUT2D eigenvalue weighted by Crippen LogP contribution is -2.53. The zero-order chi connectivity index (χ0) is 28.4. The summed E-state index contributed by atoms with van der Waals surface area (Å²) >= 11 is 3.53. The summed E-state index contributed by atoms with van der Waals surface area (Å²) in [5, 5.41) is 8.48. The Kier molecular flexibility index (Phi) is 7.88. The molecule has 206 valence electrons. The Hall–Kier alpha value is -4.18. The third kappa shape index (κ3) is 5.19. The van der Waals surface area contributed by atoms with Crippen LogP contribution in [0.4, 0.5) is 11.4 Å². The summed E-state index contributed by atoms with van der Waals surface area (Å²) in [4.78, 5) is 44.0. The van der Waals surface area contributed by atoms with Gasteiger partial charge in [0.15, 0.2) is 0 Å². The maximum absolute atomic E-state index is 14.3. The van der Waals surface area contributed by atoms with Crippen LogP contribution in [-0.4, -0.2) is 42.6 Å². The summed E-state index contributed by atoms with van der Waals surface area (Å²) in [6, 6.07) is 17.4. The van der Waals surface area contributed by atoms with Gasteiger partial charge in [0, 0.05) is 22.0 Å². The van der Waals surface area contributed by atoms with Crippen molar-refractivity contribution in [3.8, 4) is 5.75 Å². The van der Waals surface area contributed by atoms with Gasteiger partial charge in [0.1, 0.15) is 11.8 Å². The zero-order valence-corrected chi connectivity index (χ0v) is 24.0. The Labute approximate surface area is 240 Å². The summed E-state index contributed by atoms with van der Waals surface area (Å²) in [6.45, 7) is 3.79. The van der Waals surface area contributed by atoms with Crippen LogP contribution in [0, 0.1) is 5.92 Å². The van der Waals surface area contributed by atoms with Crippen molar-refractivity contribution < 1.29 is 23.6 Å². The third-order valence-corrected chi connectivity index (χ3v) is 7.74. The molecule has 40 heavy (non-hydrogen) atoms. The average Bonchev–Trinajstić information content (AvgIpc) is 3.48. The van der Waals surface area contributed by atoms with Gasteiger partial charge < -0.3 is 24.4 Å². The summed E-state index contributed by atoms with van der Waals surface area (Å²) in [5.41, 5.74) is 1.84. The molecule has 0 aliphatic carbocycles. The number of carbonyl (C=O) groups is 3. The number of ether oxygens (including phenoxy) is 1. The number of hydrogen-bond acceptors (Lipinski definition) is 6. The molecule has 1 aromatic heterocycles. The highest BCUT2D eigenvalue weighted by Crippen LogP contribution is 2.38. The summed E-state index contributed by atoms with van der Waals surface area (Å²) in [5.74, 6) is -0.709. The first-order valence-corrected chi connectivity index (χ1v) is 13.8. The number of benzene rings is 3. The van der Waals surface area contributed by atoms with E-state index in [1.54, 1.807) is 37.1 Å². The number of halogens is 1. The van der Waals surface area contributed by atoms with Gasteiger partial charge >= 0.3 is 0 Å². The van der Waals surface area contributed by atoms with E-state index in [1.165, 1.54) is 17.2 Å². The maximum atomic E-state index is 14.3. The van der Waals surface area contributed by atoms with Gasteiger partial charge in [-0.15, -0.1) is 0 Å². The predicted molar refractivity (Wildman–Crippen MR) is 155 cm³/mol. The minimum atomic E-state index is -1.00. The smallest absolute Gasteiger partial charge is 0.297 e. The van der Waals surface area contributed by atoms with Crippen LogP contribution in [0.15, 0.2) is 75.9 Å². The molecule has 0 saturated carbocycles. The number of rotatable bonds is 7. The highest BCUT2D eigenvalue weighted by atomic mass is 79.9. The Morgan fingerprint density at radius 3 is 2.62 bits per heavy atom. The first-order chi connectivity index (χ1) is 19.3.